The number of carbonyl (C=O) groups is 1. The Morgan fingerprint density at radius 3 is 2.75 bits per heavy atom. The van der Waals surface area contributed by atoms with E-state index in [1.54, 1.807) is 0 Å². The maximum absolute atomic E-state index is 12.9. The number of aryl methyl sites for hydroxylation is 1. The maximum Gasteiger partial charge on any atom is 0.323 e. The number of carbonyl (C=O) groups excluding carboxylic acids is 1. The predicted molar refractivity (Wildman–Crippen MR) is 86.6 cm³/mol. The SMILES string of the molecule is CCCc1nc2nc[nH]n2c(=O)c1NC(=O)Nc1ccc(F)cc1. The Hall–Kier alpha value is -3.23. The third-order valence-electron chi connectivity index (χ3n) is 3.33. The molecule has 0 fully saturated rings. The zero-order valence-corrected chi connectivity index (χ0v) is 12.8. The lowest BCUT2D eigenvalue weighted by Gasteiger charge is -2.10. The molecule has 0 atom stereocenters. The van der Waals surface area contributed by atoms with Crippen molar-refractivity contribution >= 4 is 23.2 Å². The quantitative estimate of drug-likeness (QED) is 0.682. The smallest absolute Gasteiger partial charge is 0.308 e. The normalized spacial score (nSPS) is 10.8. The molecule has 9 heteroatoms. The number of H-pyrrole nitrogens is 1. The molecule has 3 rings (SSSR count). The van der Waals surface area contributed by atoms with E-state index in [1.807, 2.05) is 6.92 Å². The molecule has 3 aromatic rings. The van der Waals surface area contributed by atoms with Gasteiger partial charge in [0.05, 0.1) is 5.69 Å². The van der Waals surface area contributed by atoms with E-state index in [0.717, 1.165) is 10.9 Å². The van der Waals surface area contributed by atoms with E-state index >= 15 is 0 Å². The second kappa shape index (κ2) is 6.49. The first-order valence-corrected chi connectivity index (χ1v) is 7.37. The summed E-state index contributed by atoms with van der Waals surface area (Å²) in [5.74, 6) is -0.161. The largest absolute Gasteiger partial charge is 0.323 e. The van der Waals surface area contributed by atoms with E-state index in [4.69, 9.17) is 0 Å². The van der Waals surface area contributed by atoms with Crippen molar-refractivity contribution in [3.05, 3.63) is 52.5 Å². The van der Waals surface area contributed by atoms with Crippen LogP contribution in [0.3, 0.4) is 0 Å². The van der Waals surface area contributed by atoms with Crippen LogP contribution in [-0.2, 0) is 6.42 Å². The first kappa shape index (κ1) is 15.7. The highest BCUT2D eigenvalue weighted by atomic mass is 19.1. The van der Waals surface area contributed by atoms with Crippen molar-refractivity contribution in [2.45, 2.75) is 19.8 Å². The number of halogens is 1. The minimum Gasteiger partial charge on any atom is -0.308 e. The molecular formula is C15H15FN6O2. The number of aromatic nitrogens is 4. The minimum absolute atomic E-state index is 0.0817. The summed E-state index contributed by atoms with van der Waals surface area (Å²) in [6.45, 7) is 1.94. The van der Waals surface area contributed by atoms with Crippen LogP contribution in [0.25, 0.3) is 5.78 Å². The van der Waals surface area contributed by atoms with Gasteiger partial charge in [-0.15, -0.1) is 0 Å². The van der Waals surface area contributed by atoms with Crippen LogP contribution in [0.15, 0.2) is 35.4 Å². The van der Waals surface area contributed by atoms with Crippen LogP contribution in [-0.4, -0.2) is 25.6 Å². The van der Waals surface area contributed by atoms with Gasteiger partial charge in [-0.05, 0) is 30.7 Å². The molecule has 2 heterocycles. The molecule has 8 nitrogen and oxygen atoms in total. The molecular weight excluding hydrogens is 315 g/mol. The summed E-state index contributed by atoms with van der Waals surface area (Å²) >= 11 is 0. The van der Waals surface area contributed by atoms with E-state index in [0.29, 0.717) is 17.8 Å². The van der Waals surface area contributed by atoms with E-state index < -0.39 is 17.4 Å². The van der Waals surface area contributed by atoms with Crippen LogP contribution in [0, 0.1) is 5.82 Å². The minimum atomic E-state index is -0.614. The zero-order valence-electron chi connectivity index (χ0n) is 12.8. The molecule has 1 aromatic carbocycles. The monoisotopic (exact) mass is 330 g/mol. The predicted octanol–water partition coefficient (Wildman–Crippen LogP) is 2.15. The van der Waals surface area contributed by atoms with Crippen molar-refractivity contribution in [1.29, 1.82) is 0 Å². The van der Waals surface area contributed by atoms with Crippen molar-refractivity contribution < 1.29 is 9.18 Å². The van der Waals surface area contributed by atoms with Crippen LogP contribution < -0.4 is 16.2 Å². The van der Waals surface area contributed by atoms with E-state index in [1.165, 1.54) is 30.6 Å². The molecule has 24 heavy (non-hydrogen) atoms. The van der Waals surface area contributed by atoms with Gasteiger partial charge in [0.1, 0.15) is 17.8 Å². The van der Waals surface area contributed by atoms with Crippen molar-refractivity contribution in [1.82, 2.24) is 19.6 Å². The standard InChI is InChI=1S/C15H15FN6O2/c1-2-3-11-12(13(23)22-14(20-11)17-8-18-22)21-15(24)19-10-6-4-9(16)5-7-10/h4-8H,2-3H2,1H3,(H,17,18,20)(H2,19,21,24). The number of hydrogen-bond donors (Lipinski definition) is 3. The molecule has 0 unspecified atom stereocenters. The first-order valence-electron chi connectivity index (χ1n) is 7.37. The van der Waals surface area contributed by atoms with Crippen molar-refractivity contribution in [3.63, 3.8) is 0 Å². The van der Waals surface area contributed by atoms with Gasteiger partial charge in [-0.3, -0.25) is 9.89 Å². The number of benzene rings is 1. The van der Waals surface area contributed by atoms with Gasteiger partial charge in [0.25, 0.3) is 11.3 Å². The van der Waals surface area contributed by atoms with Gasteiger partial charge < -0.3 is 10.6 Å². The van der Waals surface area contributed by atoms with E-state index in [9.17, 15) is 14.0 Å². The van der Waals surface area contributed by atoms with Gasteiger partial charge in [-0.25, -0.2) is 19.2 Å². The molecule has 2 amide bonds. The lowest BCUT2D eigenvalue weighted by atomic mass is 10.2. The molecule has 0 saturated heterocycles. The number of nitrogens with one attached hydrogen (secondary N) is 3. The van der Waals surface area contributed by atoms with Crippen LogP contribution >= 0.6 is 0 Å². The summed E-state index contributed by atoms with van der Waals surface area (Å²) in [7, 11) is 0. The number of anilines is 2. The molecule has 2 aromatic heterocycles. The number of rotatable bonds is 4. The average Bonchev–Trinajstić information content (AvgIpc) is 3.02. The number of aromatic amines is 1. The second-order valence-corrected chi connectivity index (χ2v) is 5.10. The zero-order chi connectivity index (χ0) is 17.1. The van der Waals surface area contributed by atoms with Gasteiger partial charge in [0, 0.05) is 5.69 Å². The molecule has 124 valence electrons. The Balaban J connectivity index is 1.89. The third-order valence-corrected chi connectivity index (χ3v) is 3.33. The molecule has 0 aliphatic heterocycles. The molecule has 0 spiro atoms. The van der Waals surface area contributed by atoms with Gasteiger partial charge in [-0.2, -0.15) is 4.52 Å². The van der Waals surface area contributed by atoms with Crippen LogP contribution in [0.4, 0.5) is 20.6 Å². The number of urea groups is 1. The van der Waals surface area contributed by atoms with Crippen LogP contribution in [0.1, 0.15) is 19.0 Å². The Labute approximate surface area is 135 Å². The molecule has 0 aliphatic carbocycles. The first-order chi connectivity index (χ1) is 11.6. The van der Waals surface area contributed by atoms with E-state index in [2.05, 4.69) is 25.7 Å². The fourth-order valence-electron chi connectivity index (χ4n) is 2.25. The summed E-state index contributed by atoms with van der Waals surface area (Å²) in [6, 6.07) is 4.68. The van der Waals surface area contributed by atoms with Gasteiger partial charge in [0.15, 0.2) is 0 Å². The number of nitrogens with zero attached hydrogens (tertiary/aromatic N) is 3. The molecule has 0 aliphatic rings. The third kappa shape index (κ3) is 3.09. The summed E-state index contributed by atoms with van der Waals surface area (Å²) in [4.78, 5) is 32.8. The highest BCUT2D eigenvalue weighted by molar-refractivity contribution is 6.00. The number of hydrogen-bond acceptors (Lipinski definition) is 4. The topological polar surface area (TPSA) is 104 Å². The molecule has 3 N–H and O–H groups in total. The van der Waals surface area contributed by atoms with Crippen molar-refractivity contribution in [2.75, 3.05) is 10.6 Å². The summed E-state index contributed by atoms with van der Waals surface area (Å²) in [5.41, 5.74) is 0.499. The van der Waals surface area contributed by atoms with Crippen molar-refractivity contribution in [2.24, 2.45) is 0 Å². The average molecular weight is 330 g/mol. The lowest BCUT2D eigenvalue weighted by molar-refractivity contribution is 0.262. The highest BCUT2D eigenvalue weighted by Crippen LogP contribution is 2.13. The molecule has 0 radical (unpaired) electrons. The Kier molecular flexibility index (Phi) is 4.23. The summed E-state index contributed by atoms with van der Waals surface area (Å²) in [5, 5.41) is 7.70. The molecule has 0 saturated carbocycles. The van der Waals surface area contributed by atoms with Gasteiger partial charge in [0.2, 0.25) is 0 Å². The maximum atomic E-state index is 12.9. The molecule has 0 bridgehead atoms. The fourth-order valence-corrected chi connectivity index (χ4v) is 2.25. The summed E-state index contributed by atoms with van der Waals surface area (Å²) < 4.78 is 14.0. The fraction of sp³-hybridized carbons (Fsp3) is 0.200. The highest BCUT2D eigenvalue weighted by Gasteiger charge is 2.16. The Bertz CT molecular complexity index is 931. The second-order valence-electron chi connectivity index (χ2n) is 5.10. The van der Waals surface area contributed by atoms with Crippen LogP contribution in [0.2, 0.25) is 0 Å². The van der Waals surface area contributed by atoms with E-state index in [-0.39, 0.29) is 11.5 Å². The van der Waals surface area contributed by atoms with Gasteiger partial charge in [-0.1, -0.05) is 13.3 Å². The number of fused-ring (bicyclic) bond motifs is 1. The summed E-state index contributed by atoms with van der Waals surface area (Å²) in [6.07, 6.45) is 2.62. The van der Waals surface area contributed by atoms with Gasteiger partial charge >= 0.3 is 6.03 Å². The number of amides is 2. The van der Waals surface area contributed by atoms with Crippen molar-refractivity contribution in [3.8, 4) is 0 Å². The lowest BCUT2D eigenvalue weighted by Crippen LogP contribution is -2.28. The Morgan fingerprint density at radius 2 is 2.04 bits per heavy atom. The van der Waals surface area contributed by atoms with Crippen LogP contribution in [0.5, 0.6) is 0 Å². The Morgan fingerprint density at radius 1 is 1.29 bits per heavy atom.